The van der Waals surface area contributed by atoms with Crippen molar-refractivity contribution in [3.8, 4) is 0 Å². The molecule has 8 rings (SSSR count). The van der Waals surface area contributed by atoms with Gasteiger partial charge in [0.05, 0.1) is 34.3 Å². The largest absolute Gasteiger partial charge is 0.635 e. The predicted octanol–water partition coefficient (Wildman–Crippen LogP) is 8.23. The zero-order valence-corrected chi connectivity index (χ0v) is 26.0. The van der Waals surface area contributed by atoms with Crippen LogP contribution in [0.5, 0.6) is 0 Å². The van der Waals surface area contributed by atoms with E-state index in [9.17, 15) is 4.91 Å². The highest BCUT2D eigenvalue weighted by Gasteiger charge is 2.68. The number of rotatable bonds is 2. The highest BCUT2D eigenvalue weighted by Crippen LogP contribution is 2.35. The molecule has 6 aromatic rings. The standard InChI is InChI=1S/2C12H8N2.C6H10NO5.C5H12/c2*1-3-9-5-6-10-4-2-8-14-12(10)11(9)13-7-1;1-4-3-5(2)10-6(9-4)11-7(8)12-6;1-3-5-4-2/h2*1-8H;4-5H,3H2,1-2H3;3-5H2,1-2H3/q;;+1;. The molecule has 45 heavy (non-hydrogen) atoms. The number of nitrogens with zero attached hydrogens (tertiary/aromatic N) is 5. The van der Waals surface area contributed by atoms with Crippen molar-refractivity contribution in [2.75, 3.05) is 0 Å². The maximum Gasteiger partial charge on any atom is 0.635 e. The molecule has 2 unspecified atom stereocenters. The first-order valence-corrected chi connectivity index (χ1v) is 15.3. The van der Waals surface area contributed by atoms with Crippen molar-refractivity contribution in [2.45, 2.75) is 71.7 Å². The molecule has 6 heterocycles. The predicted molar refractivity (Wildman–Crippen MR) is 174 cm³/mol. The van der Waals surface area contributed by atoms with Crippen molar-refractivity contribution in [2.24, 2.45) is 0 Å². The van der Waals surface area contributed by atoms with Gasteiger partial charge in [-0.25, -0.2) is 0 Å². The molecule has 2 aromatic carbocycles. The van der Waals surface area contributed by atoms with Gasteiger partial charge in [0.1, 0.15) is 4.91 Å². The maximum atomic E-state index is 10.3. The fourth-order valence-corrected chi connectivity index (χ4v) is 5.07. The van der Waals surface area contributed by atoms with Gasteiger partial charge in [-0.15, -0.1) is 0 Å². The Morgan fingerprint density at radius 1 is 0.622 bits per heavy atom. The number of hydrogen-bond donors (Lipinski definition) is 0. The second-order valence-corrected chi connectivity index (χ2v) is 10.8. The van der Waals surface area contributed by atoms with Gasteiger partial charge in [-0.2, -0.15) is 0 Å². The minimum atomic E-state index is -1.57. The zero-order chi connectivity index (χ0) is 31.6. The van der Waals surface area contributed by atoms with E-state index in [1.807, 2.05) is 38.1 Å². The van der Waals surface area contributed by atoms with Crippen molar-refractivity contribution < 1.29 is 24.2 Å². The summed E-state index contributed by atoms with van der Waals surface area (Å²) in [6.07, 6.45) is 10.4. The topological polar surface area (TPSA) is 109 Å². The summed E-state index contributed by atoms with van der Waals surface area (Å²) in [5, 5.41) is 4.51. The average molecular weight is 609 g/mol. The van der Waals surface area contributed by atoms with E-state index in [-0.39, 0.29) is 17.3 Å². The van der Waals surface area contributed by atoms with Crippen molar-refractivity contribution in [1.29, 1.82) is 0 Å². The molecular weight excluding hydrogens is 570 g/mol. The van der Waals surface area contributed by atoms with Crippen LogP contribution in [0.2, 0.25) is 0 Å². The fraction of sp³-hybridized carbons (Fsp3) is 0.314. The van der Waals surface area contributed by atoms with E-state index in [2.05, 4.69) is 92.0 Å². The Morgan fingerprint density at radius 3 is 1.22 bits per heavy atom. The molecule has 1 spiro atoms. The summed E-state index contributed by atoms with van der Waals surface area (Å²) in [6, 6.07) is 24.3. The van der Waals surface area contributed by atoms with Crippen LogP contribution in [0, 0.1) is 4.91 Å². The molecule has 0 radical (unpaired) electrons. The molecule has 0 amide bonds. The van der Waals surface area contributed by atoms with Gasteiger partial charge in [0.2, 0.25) is 0 Å². The normalized spacial score (nSPS) is 17.9. The Labute approximate surface area is 261 Å². The second-order valence-electron chi connectivity index (χ2n) is 10.8. The van der Waals surface area contributed by atoms with Gasteiger partial charge in [0.25, 0.3) is 0 Å². The molecule has 2 atom stereocenters. The van der Waals surface area contributed by atoms with E-state index in [1.165, 1.54) is 19.3 Å². The van der Waals surface area contributed by atoms with E-state index in [4.69, 9.17) is 9.47 Å². The number of unbranched alkanes of at least 4 members (excludes halogenated alkanes) is 2. The van der Waals surface area contributed by atoms with Crippen LogP contribution in [0.3, 0.4) is 0 Å². The molecule has 2 fully saturated rings. The molecule has 0 saturated carbocycles. The molecule has 2 aliphatic rings. The highest BCUT2D eigenvalue weighted by atomic mass is 17.3. The first-order valence-electron chi connectivity index (χ1n) is 15.3. The van der Waals surface area contributed by atoms with Crippen LogP contribution in [0.25, 0.3) is 43.6 Å². The zero-order valence-electron chi connectivity index (χ0n) is 26.0. The highest BCUT2D eigenvalue weighted by molar-refractivity contribution is 6.03. The molecule has 0 N–H and O–H groups in total. The second kappa shape index (κ2) is 14.8. The van der Waals surface area contributed by atoms with E-state index >= 15 is 0 Å². The summed E-state index contributed by atoms with van der Waals surface area (Å²) < 4.78 is 10.3. The Kier molecular flexibility index (Phi) is 10.4. The summed E-state index contributed by atoms with van der Waals surface area (Å²) in [5.41, 5.74) is 3.91. The van der Waals surface area contributed by atoms with E-state index < -0.39 is 6.16 Å². The monoisotopic (exact) mass is 608 g/mol. The summed E-state index contributed by atoms with van der Waals surface area (Å²) in [6.45, 7) is 8.15. The molecule has 2 saturated heterocycles. The van der Waals surface area contributed by atoms with Crippen LogP contribution in [0.15, 0.2) is 97.6 Å². The van der Waals surface area contributed by atoms with Crippen LogP contribution in [0.4, 0.5) is 0 Å². The van der Waals surface area contributed by atoms with Gasteiger partial charge in [-0.3, -0.25) is 29.4 Å². The number of hydrogen-bond acceptors (Lipinski definition) is 9. The molecule has 0 aliphatic carbocycles. The van der Waals surface area contributed by atoms with Crippen molar-refractivity contribution in [3.63, 3.8) is 0 Å². The van der Waals surface area contributed by atoms with Gasteiger partial charge in [0, 0.05) is 52.8 Å². The smallest absolute Gasteiger partial charge is 0.270 e. The summed E-state index contributed by atoms with van der Waals surface area (Å²) in [7, 11) is 0. The lowest BCUT2D eigenvalue weighted by atomic mass is 10.1. The van der Waals surface area contributed by atoms with Crippen molar-refractivity contribution >= 4 is 43.6 Å². The molecule has 2 aliphatic heterocycles. The number of fused-ring (bicyclic) bond motifs is 6. The molecule has 10 heteroatoms. The van der Waals surface area contributed by atoms with E-state index in [0.29, 0.717) is 0 Å². The minimum Gasteiger partial charge on any atom is -0.270 e. The third-order valence-electron chi connectivity index (χ3n) is 7.12. The van der Waals surface area contributed by atoms with E-state index in [0.717, 1.165) is 50.0 Å². The number of benzene rings is 2. The average Bonchev–Trinajstić information content (AvgIpc) is 3.05. The lowest BCUT2D eigenvalue weighted by molar-refractivity contribution is -1.15. The van der Waals surface area contributed by atoms with Crippen LogP contribution in [0.1, 0.15) is 53.4 Å². The first kappa shape index (κ1) is 31.6. The Morgan fingerprint density at radius 2 is 0.956 bits per heavy atom. The molecule has 232 valence electrons. The van der Waals surface area contributed by atoms with Crippen LogP contribution < -0.4 is 0 Å². The molecule has 4 aromatic heterocycles. The third kappa shape index (κ3) is 7.84. The lowest BCUT2D eigenvalue weighted by Crippen LogP contribution is -2.60. The van der Waals surface area contributed by atoms with Gasteiger partial charge in [-0.05, 0) is 38.1 Å². The van der Waals surface area contributed by atoms with Crippen LogP contribution in [-0.2, 0) is 19.1 Å². The molecular formula is C35H38N5O5+. The summed E-state index contributed by atoms with van der Waals surface area (Å²) in [4.78, 5) is 36.7. The lowest BCUT2D eigenvalue weighted by Gasteiger charge is -2.35. The molecule has 0 bridgehead atoms. The quantitative estimate of drug-likeness (QED) is 0.180. The maximum absolute atomic E-state index is 10.3. The SMILES string of the molecule is CC1CC(C)OC2(O1)O[N+](=O)O2.CCCCC.c1cnc2c(c1)ccc1cccnc12.c1cnc2c(c1)ccc1cccnc12. The summed E-state index contributed by atoms with van der Waals surface area (Å²) in [5.74, 6) is 0. The Bertz CT molecular complexity index is 1640. The van der Waals surface area contributed by atoms with E-state index in [1.54, 1.807) is 24.8 Å². The van der Waals surface area contributed by atoms with Gasteiger partial charge in [0.15, 0.2) is 0 Å². The number of pyridine rings is 4. The van der Waals surface area contributed by atoms with Crippen molar-refractivity contribution in [3.05, 3.63) is 102 Å². The third-order valence-corrected chi connectivity index (χ3v) is 7.12. The van der Waals surface area contributed by atoms with Gasteiger partial charge >= 0.3 is 11.2 Å². The Hall–Kier alpha value is -4.80. The van der Waals surface area contributed by atoms with Crippen LogP contribution >= 0.6 is 0 Å². The number of aromatic nitrogens is 4. The summed E-state index contributed by atoms with van der Waals surface area (Å²) >= 11 is 0. The van der Waals surface area contributed by atoms with Gasteiger partial charge < -0.3 is 0 Å². The Balaban J connectivity index is 0.000000125. The first-order chi connectivity index (χ1) is 21.9. The van der Waals surface area contributed by atoms with Gasteiger partial charge in [-0.1, -0.05) is 91.3 Å². The van der Waals surface area contributed by atoms with Crippen molar-refractivity contribution in [1.82, 2.24) is 19.9 Å². The number of ether oxygens (including phenoxy) is 2. The fourth-order valence-electron chi connectivity index (χ4n) is 5.07. The van der Waals surface area contributed by atoms with Crippen LogP contribution in [-0.4, -0.2) is 43.4 Å². The minimum absolute atomic E-state index is 0.0369. The molecule has 10 nitrogen and oxygen atoms in total.